The highest BCUT2D eigenvalue weighted by atomic mass is 32.1. The second kappa shape index (κ2) is 5.01. The Kier molecular flexibility index (Phi) is 3.00. The molecule has 0 aromatic carbocycles. The molecule has 106 valence electrons. The fraction of sp³-hybridized carbons (Fsp3) is 0.250. The van der Waals surface area contributed by atoms with Gasteiger partial charge in [0.25, 0.3) is 5.91 Å². The van der Waals surface area contributed by atoms with E-state index in [2.05, 4.69) is 30.7 Å². The molecule has 9 heteroatoms. The maximum Gasteiger partial charge on any atom is 0.286 e. The molecule has 21 heavy (non-hydrogen) atoms. The molecule has 7 nitrogen and oxygen atoms in total. The van der Waals surface area contributed by atoms with Gasteiger partial charge in [0.05, 0.1) is 11.9 Å². The van der Waals surface area contributed by atoms with E-state index in [9.17, 15) is 4.79 Å². The number of thiazole rings is 1. The van der Waals surface area contributed by atoms with Crippen molar-refractivity contribution in [1.82, 2.24) is 25.4 Å². The van der Waals surface area contributed by atoms with Gasteiger partial charge in [-0.25, -0.2) is 4.98 Å². The molecular weight excluding hydrogens is 308 g/mol. The molecule has 0 radical (unpaired) electrons. The molecular formula is C12H10N6OS2. The summed E-state index contributed by atoms with van der Waals surface area (Å²) in [6, 6.07) is 0. The average Bonchev–Trinajstić information content (AvgIpc) is 2.95. The number of nitrogens with one attached hydrogen (secondary N) is 2. The lowest BCUT2D eigenvalue weighted by Crippen LogP contribution is -2.11. The topological polar surface area (TPSA) is 96.5 Å². The zero-order valence-electron chi connectivity index (χ0n) is 10.7. The van der Waals surface area contributed by atoms with Gasteiger partial charge in [-0.3, -0.25) is 9.89 Å². The summed E-state index contributed by atoms with van der Waals surface area (Å²) < 4.78 is 0. The molecule has 0 saturated heterocycles. The molecule has 1 aliphatic rings. The minimum absolute atomic E-state index is 0.265. The molecule has 0 bridgehead atoms. The summed E-state index contributed by atoms with van der Waals surface area (Å²) in [6.45, 7) is 0. The van der Waals surface area contributed by atoms with Gasteiger partial charge in [-0.15, -0.1) is 21.5 Å². The fourth-order valence-corrected chi connectivity index (χ4v) is 3.44. The molecule has 0 aliphatic heterocycles. The molecule has 2 N–H and O–H groups in total. The van der Waals surface area contributed by atoms with Gasteiger partial charge in [0, 0.05) is 17.5 Å². The normalized spacial score (nSPS) is 14.3. The van der Waals surface area contributed by atoms with Crippen LogP contribution in [0.25, 0.3) is 10.7 Å². The van der Waals surface area contributed by atoms with Crippen LogP contribution in [0.5, 0.6) is 0 Å². The molecule has 3 aromatic rings. The Morgan fingerprint density at radius 2 is 2.29 bits per heavy atom. The van der Waals surface area contributed by atoms with Gasteiger partial charge in [-0.2, -0.15) is 5.10 Å². The fourth-order valence-electron chi connectivity index (χ4n) is 1.89. The summed E-state index contributed by atoms with van der Waals surface area (Å²) in [5, 5.41) is 21.6. The summed E-state index contributed by atoms with van der Waals surface area (Å²) in [7, 11) is 0. The number of nitrogens with zero attached hydrogens (tertiary/aromatic N) is 4. The number of carbonyl (C=O) groups excluding carboxylic acids is 1. The predicted octanol–water partition coefficient (Wildman–Crippen LogP) is 2.51. The van der Waals surface area contributed by atoms with Crippen LogP contribution in [-0.4, -0.2) is 31.3 Å². The van der Waals surface area contributed by atoms with Crippen LogP contribution in [-0.2, 0) is 0 Å². The molecule has 1 amide bonds. The largest absolute Gasteiger partial charge is 0.317 e. The maximum atomic E-state index is 12.2. The third-order valence-corrected chi connectivity index (χ3v) is 4.97. The van der Waals surface area contributed by atoms with Crippen molar-refractivity contribution < 1.29 is 4.79 Å². The van der Waals surface area contributed by atoms with Crippen LogP contribution in [0.1, 0.15) is 33.6 Å². The summed E-state index contributed by atoms with van der Waals surface area (Å²) >= 11 is 2.83. The number of hydrogen-bond acceptors (Lipinski definition) is 7. The van der Waals surface area contributed by atoms with Crippen LogP contribution in [0.4, 0.5) is 5.69 Å². The van der Waals surface area contributed by atoms with E-state index in [1.165, 1.54) is 22.7 Å². The molecule has 0 unspecified atom stereocenters. The van der Waals surface area contributed by atoms with E-state index in [1.807, 2.05) is 5.38 Å². The smallest absolute Gasteiger partial charge is 0.286 e. The van der Waals surface area contributed by atoms with Crippen molar-refractivity contribution in [3.8, 4) is 10.7 Å². The van der Waals surface area contributed by atoms with E-state index < -0.39 is 0 Å². The molecule has 0 spiro atoms. The number of amides is 1. The van der Waals surface area contributed by atoms with E-state index in [0.717, 1.165) is 22.9 Å². The summed E-state index contributed by atoms with van der Waals surface area (Å²) in [5.41, 5.74) is 1.29. The van der Waals surface area contributed by atoms with Crippen molar-refractivity contribution in [3.63, 3.8) is 0 Å². The van der Waals surface area contributed by atoms with E-state index in [0.29, 0.717) is 22.3 Å². The first-order valence-electron chi connectivity index (χ1n) is 6.39. The van der Waals surface area contributed by atoms with Crippen molar-refractivity contribution in [2.75, 3.05) is 5.32 Å². The lowest BCUT2D eigenvalue weighted by Gasteiger charge is -2.01. The predicted molar refractivity (Wildman–Crippen MR) is 79.5 cm³/mol. The SMILES string of the molecule is O=C(Nc1cn[nH]c1-c1nccs1)c1nnc(C2CC2)s1. The van der Waals surface area contributed by atoms with Crippen molar-refractivity contribution in [2.24, 2.45) is 0 Å². The van der Waals surface area contributed by atoms with Crippen LogP contribution in [0.15, 0.2) is 17.8 Å². The van der Waals surface area contributed by atoms with Gasteiger partial charge >= 0.3 is 0 Å². The Morgan fingerprint density at radius 3 is 3.05 bits per heavy atom. The van der Waals surface area contributed by atoms with E-state index >= 15 is 0 Å². The summed E-state index contributed by atoms with van der Waals surface area (Å²) in [6.07, 6.45) is 5.56. The Morgan fingerprint density at radius 1 is 1.38 bits per heavy atom. The minimum atomic E-state index is -0.265. The molecule has 3 heterocycles. The third kappa shape index (κ3) is 2.45. The second-order valence-electron chi connectivity index (χ2n) is 4.67. The number of H-pyrrole nitrogens is 1. The third-order valence-electron chi connectivity index (χ3n) is 3.10. The first-order valence-corrected chi connectivity index (χ1v) is 8.09. The van der Waals surface area contributed by atoms with Crippen molar-refractivity contribution in [1.29, 1.82) is 0 Å². The number of carbonyl (C=O) groups is 1. The Balaban J connectivity index is 1.55. The number of anilines is 1. The average molecular weight is 318 g/mol. The Bertz CT molecular complexity index is 773. The summed E-state index contributed by atoms with van der Waals surface area (Å²) in [4.78, 5) is 16.4. The van der Waals surface area contributed by atoms with Gasteiger partial charge in [0.1, 0.15) is 15.7 Å². The lowest BCUT2D eigenvalue weighted by atomic mass is 10.3. The Labute approximate surface area is 127 Å². The van der Waals surface area contributed by atoms with Gasteiger partial charge in [0.2, 0.25) is 5.01 Å². The zero-order valence-corrected chi connectivity index (χ0v) is 12.4. The molecule has 4 rings (SSSR count). The second-order valence-corrected chi connectivity index (χ2v) is 6.57. The molecule has 1 aliphatic carbocycles. The first-order chi connectivity index (χ1) is 10.3. The molecule has 1 saturated carbocycles. The maximum absolute atomic E-state index is 12.2. The molecule has 1 fully saturated rings. The first kappa shape index (κ1) is 12.6. The van der Waals surface area contributed by atoms with Gasteiger partial charge in [0.15, 0.2) is 0 Å². The summed E-state index contributed by atoms with van der Waals surface area (Å²) in [5.74, 6) is 0.238. The van der Waals surface area contributed by atoms with Crippen LogP contribution < -0.4 is 5.32 Å². The highest BCUT2D eigenvalue weighted by molar-refractivity contribution is 7.13. The van der Waals surface area contributed by atoms with Gasteiger partial charge < -0.3 is 5.32 Å². The number of aromatic amines is 1. The molecule has 0 atom stereocenters. The van der Waals surface area contributed by atoms with Crippen LogP contribution in [0, 0.1) is 0 Å². The number of aromatic nitrogens is 5. The lowest BCUT2D eigenvalue weighted by molar-refractivity contribution is 0.102. The van der Waals surface area contributed by atoms with E-state index in [1.54, 1.807) is 12.4 Å². The van der Waals surface area contributed by atoms with Crippen molar-refractivity contribution in [2.45, 2.75) is 18.8 Å². The Hall–Kier alpha value is -2.13. The zero-order chi connectivity index (χ0) is 14.2. The van der Waals surface area contributed by atoms with Gasteiger partial charge in [-0.05, 0) is 12.8 Å². The number of rotatable bonds is 4. The van der Waals surface area contributed by atoms with Gasteiger partial charge in [-0.1, -0.05) is 11.3 Å². The van der Waals surface area contributed by atoms with Crippen LogP contribution >= 0.6 is 22.7 Å². The van der Waals surface area contributed by atoms with Crippen LogP contribution in [0.3, 0.4) is 0 Å². The van der Waals surface area contributed by atoms with Crippen LogP contribution in [0.2, 0.25) is 0 Å². The minimum Gasteiger partial charge on any atom is -0.317 e. The monoisotopic (exact) mass is 318 g/mol. The van der Waals surface area contributed by atoms with E-state index in [4.69, 9.17) is 0 Å². The highest BCUT2D eigenvalue weighted by Crippen LogP contribution is 2.41. The van der Waals surface area contributed by atoms with Crippen molar-refractivity contribution in [3.05, 3.63) is 27.8 Å². The molecule has 3 aromatic heterocycles. The quantitative estimate of drug-likeness (QED) is 0.770. The van der Waals surface area contributed by atoms with E-state index in [-0.39, 0.29) is 5.91 Å². The standard InChI is InChI=1S/C12H10N6OS2/c19-9(12-18-17-10(21-12)6-1-2-6)15-7-5-14-16-8(7)11-13-3-4-20-11/h3-6H,1-2H2,(H,14,16)(H,15,19). The number of hydrogen-bond donors (Lipinski definition) is 2. The highest BCUT2D eigenvalue weighted by Gasteiger charge is 2.28. The van der Waals surface area contributed by atoms with Crippen molar-refractivity contribution >= 4 is 34.3 Å².